The van der Waals surface area contributed by atoms with Crippen molar-refractivity contribution in [1.82, 2.24) is 0 Å². The highest BCUT2D eigenvalue weighted by Gasteiger charge is 2.60. The Morgan fingerprint density at radius 1 is 0.968 bits per heavy atom. The van der Waals surface area contributed by atoms with Crippen molar-refractivity contribution in [3.05, 3.63) is 0 Å². The number of fused-ring (bicyclic) bond motifs is 5. The van der Waals surface area contributed by atoms with Crippen molar-refractivity contribution in [1.29, 1.82) is 0 Å². The van der Waals surface area contributed by atoms with Crippen LogP contribution in [0.2, 0.25) is 0 Å². The number of ether oxygens (including phenoxy) is 1. The first-order valence-corrected chi connectivity index (χ1v) is 13.5. The molecule has 31 heavy (non-hydrogen) atoms. The molecule has 0 aromatic rings. The van der Waals surface area contributed by atoms with E-state index in [-0.39, 0.29) is 18.0 Å². The first-order valence-electron chi connectivity index (χ1n) is 13.5. The Kier molecular flexibility index (Phi) is 6.84. The van der Waals surface area contributed by atoms with Crippen LogP contribution in [0.4, 0.5) is 0 Å². The molecule has 4 rings (SSSR count). The number of hydrogen-bond donors (Lipinski definition) is 1. The Morgan fingerprint density at radius 3 is 2.42 bits per heavy atom. The van der Waals surface area contributed by atoms with Gasteiger partial charge in [0.1, 0.15) is 0 Å². The van der Waals surface area contributed by atoms with E-state index in [1.165, 1.54) is 58.5 Å². The maximum absolute atomic E-state index is 11.7. The zero-order valence-electron chi connectivity index (χ0n) is 20.9. The largest absolute Gasteiger partial charge is 0.469 e. The van der Waals surface area contributed by atoms with Crippen molar-refractivity contribution in [2.24, 2.45) is 52.3 Å². The molecule has 10 atom stereocenters. The van der Waals surface area contributed by atoms with Crippen LogP contribution in [0.15, 0.2) is 0 Å². The van der Waals surface area contributed by atoms with Crippen molar-refractivity contribution < 1.29 is 14.6 Å². The fourth-order valence-electron chi connectivity index (χ4n) is 9.48. The smallest absolute Gasteiger partial charge is 0.308 e. The third kappa shape index (κ3) is 4.11. The SMILES string of the molecule is COC(=O)[C@@H](C)CCC[C@@H](C)[C@H]1CC[C@H]2[C@@H]3CC[C@@H]4C[C@H](O)CC[C@]4(C)[C@H]3CC[C@]12C. The van der Waals surface area contributed by atoms with Gasteiger partial charge in [-0.2, -0.15) is 0 Å². The van der Waals surface area contributed by atoms with E-state index >= 15 is 0 Å². The van der Waals surface area contributed by atoms with E-state index in [1.54, 1.807) is 0 Å². The Morgan fingerprint density at radius 2 is 1.68 bits per heavy atom. The molecule has 178 valence electrons. The second-order valence-electron chi connectivity index (χ2n) is 12.6. The molecule has 0 aliphatic heterocycles. The Labute approximate surface area is 191 Å². The summed E-state index contributed by atoms with van der Waals surface area (Å²) in [6.45, 7) is 9.75. The van der Waals surface area contributed by atoms with E-state index in [1.807, 2.05) is 6.92 Å². The zero-order valence-corrected chi connectivity index (χ0v) is 20.9. The molecule has 4 aliphatic rings. The van der Waals surface area contributed by atoms with Crippen LogP contribution in [-0.2, 0) is 9.53 Å². The highest BCUT2D eigenvalue weighted by atomic mass is 16.5. The lowest BCUT2D eigenvalue weighted by atomic mass is 9.44. The summed E-state index contributed by atoms with van der Waals surface area (Å²) in [6.07, 6.45) is 15.1. The zero-order chi connectivity index (χ0) is 22.4. The van der Waals surface area contributed by atoms with Gasteiger partial charge in [-0.1, -0.05) is 40.5 Å². The van der Waals surface area contributed by atoms with Gasteiger partial charge in [-0.15, -0.1) is 0 Å². The molecule has 0 aromatic carbocycles. The van der Waals surface area contributed by atoms with Gasteiger partial charge in [0.05, 0.1) is 19.1 Å². The standard InChI is InChI=1S/C28H48O3/c1-18(7-6-8-19(2)26(30)31-5)23-11-12-24-22-10-9-20-17-21(29)13-15-27(20,3)25(22)14-16-28(23,24)4/h18-25,29H,6-17H2,1-5H3/t18-,19+,20-,21-,22+,23-,24+,25+,27+,28-/m1/s1. The van der Waals surface area contributed by atoms with Gasteiger partial charge in [-0.05, 0) is 111 Å². The molecule has 3 heteroatoms. The average Bonchev–Trinajstić information content (AvgIpc) is 3.10. The lowest BCUT2D eigenvalue weighted by molar-refractivity contribution is -0.145. The molecular weight excluding hydrogens is 384 g/mol. The second kappa shape index (κ2) is 8.99. The number of carbonyl (C=O) groups is 1. The molecule has 0 heterocycles. The summed E-state index contributed by atoms with van der Waals surface area (Å²) in [7, 11) is 1.50. The highest BCUT2D eigenvalue weighted by Crippen LogP contribution is 2.68. The van der Waals surface area contributed by atoms with Crippen LogP contribution < -0.4 is 0 Å². The quantitative estimate of drug-likeness (QED) is 0.480. The van der Waals surface area contributed by atoms with Gasteiger partial charge >= 0.3 is 5.97 Å². The van der Waals surface area contributed by atoms with Crippen LogP contribution in [0.3, 0.4) is 0 Å². The van der Waals surface area contributed by atoms with Gasteiger partial charge in [0.2, 0.25) is 0 Å². The van der Waals surface area contributed by atoms with Crippen LogP contribution in [0, 0.1) is 52.3 Å². The molecule has 0 spiro atoms. The topological polar surface area (TPSA) is 46.5 Å². The van der Waals surface area contributed by atoms with Crippen molar-refractivity contribution in [2.75, 3.05) is 7.11 Å². The van der Waals surface area contributed by atoms with E-state index in [9.17, 15) is 9.90 Å². The molecule has 3 nitrogen and oxygen atoms in total. The van der Waals surface area contributed by atoms with E-state index in [0.717, 1.165) is 61.2 Å². The van der Waals surface area contributed by atoms with Crippen molar-refractivity contribution in [3.8, 4) is 0 Å². The lowest BCUT2D eigenvalue weighted by Crippen LogP contribution is -2.54. The van der Waals surface area contributed by atoms with Crippen molar-refractivity contribution in [3.63, 3.8) is 0 Å². The van der Waals surface area contributed by atoms with Gasteiger partial charge in [-0.25, -0.2) is 0 Å². The minimum absolute atomic E-state index is 0.0319. The Balaban J connectivity index is 1.39. The maximum Gasteiger partial charge on any atom is 0.308 e. The van der Waals surface area contributed by atoms with Crippen LogP contribution in [0.25, 0.3) is 0 Å². The van der Waals surface area contributed by atoms with Crippen molar-refractivity contribution >= 4 is 5.97 Å². The minimum atomic E-state index is -0.0572. The highest BCUT2D eigenvalue weighted by molar-refractivity contribution is 5.71. The molecule has 4 fully saturated rings. The molecule has 0 unspecified atom stereocenters. The Bertz CT molecular complexity index is 646. The van der Waals surface area contributed by atoms with Crippen molar-refractivity contribution in [2.45, 2.75) is 111 Å². The normalized spacial score (nSPS) is 46.4. The van der Waals surface area contributed by atoms with Gasteiger partial charge < -0.3 is 9.84 Å². The summed E-state index contributed by atoms with van der Waals surface area (Å²) in [5.74, 6) is 5.08. The second-order valence-corrected chi connectivity index (χ2v) is 12.6. The first-order chi connectivity index (χ1) is 14.7. The summed E-state index contributed by atoms with van der Waals surface area (Å²) in [6, 6.07) is 0. The van der Waals surface area contributed by atoms with Crippen LogP contribution in [0.5, 0.6) is 0 Å². The summed E-state index contributed by atoms with van der Waals surface area (Å²) in [4.78, 5) is 11.7. The maximum atomic E-state index is 11.7. The lowest BCUT2D eigenvalue weighted by Gasteiger charge is -2.61. The number of methoxy groups -OCH3 is 1. The molecule has 4 aliphatic carbocycles. The van der Waals surface area contributed by atoms with Crippen LogP contribution in [-0.4, -0.2) is 24.3 Å². The third-order valence-electron chi connectivity index (χ3n) is 11.3. The predicted molar refractivity (Wildman–Crippen MR) is 125 cm³/mol. The molecule has 4 saturated carbocycles. The first kappa shape index (κ1) is 23.6. The molecular formula is C28H48O3. The fraction of sp³-hybridized carbons (Fsp3) is 0.964. The van der Waals surface area contributed by atoms with Gasteiger partial charge in [0, 0.05) is 0 Å². The fourth-order valence-corrected chi connectivity index (χ4v) is 9.48. The summed E-state index contributed by atoms with van der Waals surface area (Å²) in [5, 5.41) is 10.3. The van der Waals surface area contributed by atoms with E-state index in [2.05, 4.69) is 20.8 Å². The number of carbonyl (C=O) groups excluding carboxylic acids is 1. The molecule has 1 N–H and O–H groups in total. The predicted octanol–water partition coefficient (Wildman–Crippen LogP) is 6.62. The van der Waals surface area contributed by atoms with Crippen LogP contribution in [0.1, 0.15) is 105 Å². The van der Waals surface area contributed by atoms with E-state index < -0.39 is 0 Å². The molecule has 0 saturated heterocycles. The molecule has 0 aromatic heterocycles. The number of esters is 1. The third-order valence-corrected chi connectivity index (χ3v) is 11.3. The Hall–Kier alpha value is -0.570. The number of rotatable bonds is 6. The molecule has 0 radical (unpaired) electrons. The number of aliphatic hydroxyl groups excluding tert-OH is 1. The van der Waals surface area contributed by atoms with Gasteiger partial charge in [0.15, 0.2) is 0 Å². The average molecular weight is 433 g/mol. The van der Waals surface area contributed by atoms with Gasteiger partial charge in [0.25, 0.3) is 0 Å². The van der Waals surface area contributed by atoms with E-state index in [0.29, 0.717) is 10.8 Å². The molecule has 0 bridgehead atoms. The summed E-state index contributed by atoms with van der Waals surface area (Å²) < 4.78 is 4.91. The van der Waals surface area contributed by atoms with E-state index in [4.69, 9.17) is 4.74 Å². The summed E-state index contributed by atoms with van der Waals surface area (Å²) >= 11 is 0. The summed E-state index contributed by atoms with van der Waals surface area (Å²) in [5.41, 5.74) is 1.00. The number of hydrogen-bond acceptors (Lipinski definition) is 3. The van der Waals surface area contributed by atoms with Gasteiger partial charge in [-0.3, -0.25) is 4.79 Å². The monoisotopic (exact) mass is 432 g/mol. The van der Waals surface area contributed by atoms with Crippen LogP contribution >= 0.6 is 0 Å². The molecule has 0 amide bonds. The number of aliphatic hydroxyl groups is 1. The minimum Gasteiger partial charge on any atom is -0.469 e.